The van der Waals surface area contributed by atoms with Gasteiger partial charge in [-0.05, 0) is 44.2 Å². The van der Waals surface area contributed by atoms with Gasteiger partial charge in [-0.25, -0.2) is 14.2 Å². The third-order valence-corrected chi connectivity index (χ3v) is 11.6. The van der Waals surface area contributed by atoms with E-state index in [2.05, 4.69) is 19.9 Å². The molecule has 0 spiro atoms. The molecule has 20 nitrogen and oxygen atoms in total. The Morgan fingerprint density at radius 2 is 1.85 bits per heavy atom. The van der Waals surface area contributed by atoms with Crippen LogP contribution in [0.2, 0.25) is 0 Å². The topological polar surface area (TPSA) is 268 Å². The van der Waals surface area contributed by atoms with Gasteiger partial charge in [-0.3, -0.25) is 33.2 Å². The van der Waals surface area contributed by atoms with E-state index >= 15 is 0 Å². The number of rotatable bonds is 15. The number of aryl methyl sites for hydroxylation is 1. The summed E-state index contributed by atoms with van der Waals surface area (Å²) >= 11 is 0. The molecule has 2 fully saturated rings. The van der Waals surface area contributed by atoms with Crippen molar-refractivity contribution in [3.63, 3.8) is 0 Å². The second kappa shape index (κ2) is 16.2. The number of hydrogen-bond acceptors (Lipinski definition) is 16. The number of imidazole rings is 1. The quantitative estimate of drug-likeness (QED) is 0.0916. The first-order chi connectivity index (χ1) is 25.8. The van der Waals surface area contributed by atoms with Crippen molar-refractivity contribution >= 4 is 24.9 Å². The first-order valence-corrected chi connectivity index (χ1v) is 18.4. The number of aromatic hydroxyl groups is 1. The molecule has 3 unspecified atom stereocenters. The summed E-state index contributed by atoms with van der Waals surface area (Å²) in [5.74, 6) is 0.612. The number of nitrogens with two attached hydrogens (primary N) is 1. The Morgan fingerprint density at radius 1 is 1.09 bits per heavy atom. The van der Waals surface area contributed by atoms with E-state index < -0.39 is 74.9 Å². The molecule has 3 aromatic heterocycles. The van der Waals surface area contributed by atoms with Gasteiger partial charge in [0.25, 0.3) is 11.1 Å². The summed E-state index contributed by atoms with van der Waals surface area (Å²) in [7, 11) is 1.61. The zero-order chi connectivity index (χ0) is 38.9. The number of anilines is 1. The van der Waals surface area contributed by atoms with Crippen LogP contribution in [0.25, 0.3) is 11.2 Å². The number of nitrogens with one attached hydrogen (secondary N) is 2. The Labute approximate surface area is 308 Å². The van der Waals surface area contributed by atoms with Gasteiger partial charge >= 0.3 is 7.75 Å². The van der Waals surface area contributed by atoms with Gasteiger partial charge in [-0.15, -0.1) is 0 Å². The lowest BCUT2D eigenvalue weighted by molar-refractivity contribution is -0.0599. The number of ether oxygens (including phenoxy) is 5. The Morgan fingerprint density at radius 3 is 2.56 bits per heavy atom. The maximum absolute atomic E-state index is 14.9. The summed E-state index contributed by atoms with van der Waals surface area (Å²) in [5.41, 5.74) is 6.12. The number of nitrogens with zero attached hydrogens (tertiary/aromatic N) is 4. The van der Waals surface area contributed by atoms with Gasteiger partial charge in [0.2, 0.25) is 5.95 Å². The van der Waals surface area contributed by atoms with Crippen molar-refractivity contribution in [3.8, 4) is 17.4 Å². The highest BCUT2D eigenvalue weighted by molar-refractivity contribution is 7.51. The third-order valence-electron chi connectivity index (χ3n) is 9.54. The Bertz CT molecular complexity index is 2130. The highest BCUT2D eigenvalue weighted by atomic mass is 31.2. The SMILES string of the molecule is COc1ccc(CCN(C)P(=O)(OC[C@H]2O[C@@H](n3cnc4c(=O)[nH]c(N)nc43)[C@H](OC)C2O)OC2C[C@H](c3cc(C)c(O)[nH]c3=O)O[C@@H]2CO)cc1OC. The number of aliphatic hydroxyl groups is 2. The van der Waals surface area contributed by atoms with Crippen LogP contribution in [0.1, 0.15) is 35.4 Å². The molecule has 0 radical (unpaired) electrons. The zero-order valence-electron chi connectivity index (χ0n) is 30.2. The number of benzene rings is 1. The maximum Gasteiger partial charge on any atom is 0.408 e. The van der Waals surface area contributed by atoms with Gasteiger partial charge in [-0.2, -0.15) is 4.98 Å². The summed E-state index contributed by atoms with van der Waals surface area (Å²) < 4.78 is 58.5. The average Bonchev–Trinajstić information content (AvgIpc) is 3.85. The van der Waals surface area contributed by atoms with E-state index in [1.165, 1.54) is 50.0 Å². The van der Waals surface area contributed by atoms with Crippen molar-refractivity contribution < 1.29 is 52.6 Å². The van der Waals surface area contributed by atoms with E-state index in [4.69, 9.17) is 38.5 Å². The van der Waals surface area contributed by atoms with Gasteiger partial charge in [0.15, 0.2) is 34.8 Å². The molecule has 0 bridgehead atoms. The van der Waals surface area contributed by atoms with Crippen molar-refractivity contribution in [3.05, 3.63) is 68.0 Å². The molecular weight excluding hydrogens is 733 g/mol. The van der Waals surface area contributed by atoms with Crippen LogP contribution in [0.3, 0.4) is 0 Å². The Kier molecular flexibility index (Phi) is 11.8. The summed E-state index contributed by atoms with van der Waals surface area (Å²) in [5, 5.41) is 31.6. The minimum absolute atomic E-state index is 0.00849. The molecule has 294 valence electrons. The smallest absolute Gasteiger partial charge is 0.408 e. The highest BCUT2D eigenvalue weighted by Crippen LogP contribution is 2.55. The molecule has 0 amide bonds. The summed E-state index contributed by atoms with van der Waals surface area (Å²) in [6.45, 7) is 0.753. The van der Waals surface area contributed by atoms with Gasteiger partial charge in [0.1, 0.15) is 24.4 Å². The molecule has 6 rings (SSSR count). The van der Waals surface area contributed by atoms with E-state index in [0.717, 1.165) is 5.56 Å². The molecule has 8 atom stereocenters. The molecular formula is C33H44N7O13P. The fourth-order valence-corrected chi connectivity index (χ4v) is 8.20. The van der Waals surface area contributed by atoms with Crippen molar-refractivity contribution in [1.82, 2.24) is 29.2 Å². The molecule has 2 aliphatic heterocycles. The second-order valence-electron chi connectivity index (χ2n) is 12.9. The molecule has 1 aromatic carbocycles. The van der Waals surface area contributed by atoms with E-state index in [-0.39, 0.29) is 41.5 Å². The maximum atomic E-state index is 14.9. The molecule has 54 heavy (non-hydrogen) atoms. The number of aromatic nitrogens is 5. The molecule has 0 saturated carbocycles. The fourth-order valence-electron chi connectivity index (χ4n) is 6.54. The highest BCUT2D eigenvalue weighted by Gasteiger charge is 2.49. The number of nitrogen functional groups attached to an aromatic ring is 1. The normalized spacial score (nSPS) is 25.4. The van der Waals surface area contributed by atoms with Crippen LogP contribution in [-0.4, -0.2) is 123 Å². The minimum Gasteiger partial charge on any atom is -0.494 e. The van der Waals surface area contributed by atoms with Crippen molar-refractivity contribution in [1.29, 1.82) is 0 Å². The molecule has 2 saturated heterocycles. The predicted octanol–water partition coefficient (Wildman–Crippen LogP) is 0.902. The molecule has 0 aliphatic carbocycles. The van der Waals surface area contributed by atoms with Crippen LogP contribution in [0.15, 0.2) is 40.2 Å². The monoisotopic (exact) mass is 777 g/mol. The number of aliphatic hydroxyl groups excluding tert-OH is 2. The van der Waals surface area contributed by atoms with Crippen LogP contribution in [0.5, 0.6) is 17.4 Å². The minimum atomic E-state index is -4.33. The van der Waals surface area contributed by atoms with E-state index in [1.54, 1.807) is 19.1 Å². The molecule has 21 heteroatoms. The number of methoxy groups -OCH3 is 3. The summed E-state index contributed by atoms with van der Waals surface area (Å²) in [4.78, 5) is 38.2. The number of H-pyrrole nitrogens is 2. The number of aromatic amines is 2. The van der Waals surface area contributed by atoms with Crippen molar-refractivity contribution in [2.24, 2.45) is 0 Å². The first-order valence-electron chi connectivity index (χ1n) is 16.9. The lowest BCUT2D eigenvalue weighted by Crippen LogP contribution is -2.36. The molecule has 7 N–H and O–H groups in total. The van der Waals surface area contributed by atoms with E-state index in [0.29, 0.717) is 23.5 Å². The van der Waals surface area contributed by atoms with Gasteiger partial charge < -0.3 is 44.7 Å². The number of pyridine rings is 1. The second-order valence-corrected chi connectivity index (χ2v) is 15.0. The van der Waals surface area contributed by atoms with Gasteiger partial charge in [0.05, 0.1) is 46.0 Å². The van der Waals surface area contributed by atoms with Gasteiger partial charge in [-0.1, -0.05) is 6.07 Å². The molecule has 5 heterocycles. The Balaban J connectivity index is 1.25. The number of hydrogen-bond donors (Lipinski definition) is 6. The molecule has 2 aliphatic rings. The van der Waals surface area contributed by atoms with Crippen molar-refractivity contribution in [2.75, 3.05) is 53.9 Å². The fraction of sp³-hybridized carbons (Fsp3) is 0.515. The van der Waals surface area contributed by atoms with Crippen LogP contribution in [0, 0.1) is 6.92 Å². The van der Waals surface area contributed by atoms with Crippen LogP contribution in [0.4, 0.5) is 5.95 Å². The van der Waals surface area contributed by atoms with Crippen LogP contribution < -0.4 is 26.3 Å². The van der Waals surface area contributed by atoms with Gasteiger partial charge in [0, 0.05) is 31.2 Å². The predicted molar refractivity (Wildman–Crippen MR) is 190 cm³/mol. The first kappa shape index (κ1) is 39.3. The van der Waals surface area contributed by atoms with Crippen LogP contribution in [-0.2, 0) is 34.2 Å². The number of likely N-dealkylation sites (N-methyl/N-ethyl adjacent to an activating group) is 1. The third kappa shape index (κ3) is 7.75. The Hall–Kier alpha value is -4.37. The summed E-state index contributed by atoms with van der Waals surface area (Å²) in [6.07, 6.45) is -5.73. The number of fused-ring (bicyclic) bond motifs is 1. The van der Waals surface area contributed by atoms with E-state index in [1.807, 2.05) is 6.07 Å². The average molecular weight is 778 g/mol. The molecule has 4 aromatic rings. The lowest BCUT2D eigenvalue weighted by atomic mass is 10.0. The van der Waals surface area contributed by atoms with Crippen molar-refractivity contribution in [2.45, 2.75) is 62.6 Å². The lowest BCUT2D eigenvalue weighted by Gasteiger charge is -2.31. The van der Waals surface area contributed by atoms with E-state index in [9.17, 15) is 29.5 Å². The van der Waals surface area contributed by atoms with Crippen LogP contribution >= 0.6 is 7.75 Å². The largest absolute Gasteiger partial charge is 0.494 e. The summed E-state index contributed by atoms with van der Waals surface area (Å²) in [6, 6.07) is 6.85. The standard InChI is InChI=1S/C33H44N7O13P/c1-16-10-18(30(44)37-29(16)43)20-12-22(23(13-41)51-20)53-54(46,39(2)9-8-17-6-7-19(47-3)21(11-17)48-4)50-14-24-26(42)27(49-5)32(52-24)40-15-35-25-28(40)36-33(34)38-31(25)45/h6-7,10-11,15,20,22-24,26-27,32,41-42H,8-9,12-14H2,1-5H3,(H2,37,43,44)(H3,34,36,38,45)/t20-,22?,23-,24-,26?,27-,32-,54?/m1/s1. The zero-order valence-corrected chi connectivity index (χ0v) is 31.1.